The maximum atomic E-state index is 13.2. The van der Waals surface area contributed by atoms with Crippen LogP contribution in [0.15, 0.2) is 53.4 Å². The molecule has 5 nitrogen and oxygen atoms in total. The van der Waals surface area contributed by atoms with Gasteiger partial charge in [-0.05, 0) is 55.5 Å². The van der Waals surface area contributed by atoms with Crippen molar-refractivity contribution in [2.75, 3.05) is 25.0 Å². The summed E-state index contributed by atoms with van der Waals surface area (Å²) in [6, 6.07) is 15.1. The molecular formula is C21H24N2O3S. The molecule has 0 N–H and O–H groups in total. The van der Waals surface area contributed by atoms with Crippen molar-refractivity contribution in [3.8, 4) is 0 Å². The van der Waals surface area contributed by atoms with E-state index < -0.39 is 15.4 Å². The van der Waals surface area contributed by atoms with E-state index in [0.717, 1.165) is 17.7 Å². The van der Waals surface area contributed by atoms with E-state index in [2.05, 4.69) is 12.1 Å². The molecule has 1 atom stereocenters. The molecule has 0 bridgehead atoms. The van der Waals surface area contributed by atoms with Crippen LogP contribution in [-0.2, 0) is 20.2 Å². The molecule has 4 rings (SSSR count). The minimum absolute atomic E-state index is 0.0163. The summed E-state index contributed by atoms with van der Waals surface area (Å²) in [4.78, 5) is 14.3. The van der Waals surface area contributed by atoms with Gasteiger partial charge in [0.1, 0.15) is 0 Å². The van der Waals surface area contributed by atoms with E-state index in [0.29, 0.717) is 13.1 Å². The van der Waals surface area contributed by atoms with Gasteiger partial charge in [-0.3, -0.25) is 4.79 Å². The molecular weight excluding hydrogens is 360 g/mol. The minimum Gasteiger partial charge on any atom is -0.314 e. The van der Waals surface area contributed by atoms with Crippen molar-refractivity contribution in [2.24, 2.45) is 0 Å². The lowest BCUT2D eigenvalue weighted by atomic mass is 9.86. The number of hydrogen-bond acceptors (Lipinski definition) is 3. The molecule has 1 amide bonds. The van der Waals surface area contributed by atoms with Crippen LogP contribution in [0.1, 0.15) is 37.3 Å². The fourth-order valence-electron chi connectivity index (χ4n) is 4.21. The first-order chi connectivity index (χ1) is 12.7. The number of fused-ring (bicyclic) bond motifs is 1. The van der Waals surface area contributed by atoms with Gasteiger partial charge in [0.15, 0.2) is 0 Å². The molecule has 6 heteroatoms. The highest BCUT2D eigenvalue weighted by Gasteiger charge is 2.43. The van der Waals surface area contributed by atoms with Crippen LogP contribution in [0.2, 0.25) is 0 Å². The molecule has 0 radical (unpaired) electrons. The summed E-state index contributed by atoms with van der Waals surface area (Å²) in [6.07, 6.45) is 0.820. The van der Waals surface area contributed by atoms with Crippen LogP contribution < -0.4 is 4.90 Å². The van der Waals surface area contributed by atoms with E-state index in [-0.39, 0.29) is 16.7 Å². The summed E-state index contributed by atoms with van der Waals surface area (Å²) in [6.45, 7) is 4.69. The predicted octanol–water partition coefficient (Wildman–Crippen LogP) is 3.12. The SMILES string of the molecule is CN1C(=O)C(C)(C)c2cc(S(=O)(=O)N3CC[C@@H](c4ccccc4)C3)ccc21. The fourth-order valence-corrected chi connectivity index (χ4v) is 5.73. The number of anilines is 1. The molecule has 1 fully saturated rings. The predicted molar refractivity (Wildman–Crippen MR) is 105 cm³/mol. The first-order valence-electron chi connectivity index (χ1n) is 9.20. The van der Waals surface area contributed by atoms with Crippen LogP contribution in [0, 0.1) is 0 Å². The number of amides is 1. The Morgan fingerprint density at radius 2 is 1.78 bits per heavy atom. The van der Waals surface area contributed by atoms with E-state index in [9.17, 15) is 13.2 Å². The van der Waals surface area contributed by atoms with Gasteiger partial charge in [0.25, 0.3) is 0 Å². The average molecular weight is 385 g/mol. The van der Waals surface area contributed by atoms with Crippen molar-refractivity contribution >= 4 is 21.6 Å². The summed E-state index contributed by atoms with van der Waals surface area (Å²) in [5.41, 5.74) is 2.02. The highest BCUT2D eigenvalue weighted by atomic mass is 32.2. The Labute approximate surface area is 160 Å². The summed E-state index contributed by atoms with van der Waals surface area (Å²) in [5.74, 6) is 0.205. The third kappa shape index (κ3) is 2.78. The Bertz CT molecular complexity index is 999. The molecule has 0 saturated carbocycles. The summed E-state index contributed by atoms with van der Waals surface area (Å²) >= 11 is 0. The highest BCUT2D eigenvalue weighted by Crippen LogP contribution is 2.42. The molecule has 0 spiro atoms. The number of rotatable bonds is 3. The zero-order valence-electron chi connectivity index (χ0n) is 15.8. The van der Waals surface area contributed by atoms with Gasteiger partial charge in [-0.25, -0.2) is 8.42 Å². The quantitative estimate of drug-likeness (QED) is 0.817. The van der Waals surface area contributed by atoms with Gasteiger partial charge in [-0.1, -0.05) is 30.3 Å². The lowest BCUT2D eigenvalue weighted by Crippen LogP contribution is -2.33. The van der Waals surface area contributed by atoms with Crippen LogP contribution in [0.25, 0.3) is 0 Å². The van der Waals surface area contributed by atoms with Gasteiger partial charge in [0.05, 0.1) is 10.3 Å². The number of carbonyl (C=O) groups is 1. The van der Waals surface area contributed by atoms with Crippen molar-refractivity contribution < 1.29 is 13.2 Å². The molecule has 27 heavy (non-hydrogen) atoms. The number of nitrogens with zero attached hydrogens (tertiary/aromatic N) is 2. The smallest absolute Gasteiger partial charge is 0.243 e. The van der Waals surface area contributed by atoms with E-state index >= 15 is 0 Å². The van der Waals surface area contributed by atoms with Crippen molar-refractivity contribution in [3.63, 3.8) is 0 Å². The Morgan fingerprint density at radius 3 is 2.48 bits per heavy atom. The van der Waals surface area contributed by atoms with Crippen LogP contribution >= 0.6 is 0 Å². The van der Waals surface area contributed by atoms with E-state index in [1.807, 2.05) is 32.0 Å². The lowest BCUT2D eigenvalue weighted by Gasteiger charge is -2.19. The maximum Gasteiger partial charge on any atom is 0.243 e. The summed E-state index contributed by atoms with van der Waals surface area (Å²) < 4.78 is 28.0. The van der Waals surface area contributed by atoms with Crippen molar-refractivity contribution in [2.45, 2.75) is 36.5 Å². The number of benzene rings is 2. The highest BCUT2D eigenvalue weighted by molar-refractivity contribution is 7.89. The van der Waals surface area contributed by atoms with E-state index in [4.69, 9.17) is 0 Å². The van der Waals surface area contributed by atoms with E-state index in [1.165, 1.54) is 5.56 Å². The molecule has 1 saturated heterocycles. The average Bonchev–Trinajstić information content (AvgIpc) is 3.23. The monoisotopic (exact) mass is 384 g/mol. The molecule has 0 aliphatic carbocycles. The molecule has 142 valence electrons. The van der Waals surface area contributed by atoms with Gasteiger partial charge in [0.2, 0.25) is 15.9 Å². The first kappa shape index (κ1) is 18.2. The Balaban J connectivity index is 1.65. The second-order valence-corrected chi connectivity index (χ2v) is 9.87. The van der Waals surface area contributed by atoms with Gasteiger partial charge in [-0.15, -0.1) is 0 Å². The van der Waals surface area contributed by atoms with Gasteiger partial charge in [-0.2, -0.15) is 4.31 Å². The van der Waals surface area contributed by atoms with Gasteiger partial charge >= 0.3 is 0 Å². The third-order valence-corrected chi connectivity index (χ3v) is 7.76. The molecule has 2 aliphatic heterocycles. The van der Waals surface area contributed by atoms with Crippen LogP contribution in [0.4, 0.5) is 5.69 Å². The van der Waals surface area contributed by atoms with Gasteiger partial charge in [0, 0.05) is 25.8 Å². The zero-order chi connectivity index (χ0) is 19.4. The summed E-state index contributed by atoms with van der Waals surface area (Å²) in [7, 11) is -1.85. The fraction of sp³-hybridized carbons (Fsp3) is 0.381. The largest absolute Gasteiger partial charge is 0.314 e. The molecule has 0 aromatic heterocycles. The van der Waals surface area contributed by atoms with E-state index in [1.54, 1.807) is 34.5 Å². The number of likely N-dealkylation sites (N-methyl/N-ethyl adjacent to an activating group) is 1. The third-order valence-electron chi connectivity index (χ3n) is 5.90. The second kappa shape index (κ2) is 6.17. The normalized spacial score (nSPS) is 22.3. The number of sulfonamides is 1. The molecule has 2 aromatic carbocycles. The minimum atomic E-state index is -3.58. The maximum absolute atomic E-state index is 13.2. The van der Waals surface area contributed by atoms with Crippen LogP contribution in [0.3, 0.4) is 0 Å². The van der Waals surface area contributed by atoms with Crippen LogP contribution in [0.5, 0.6) is 0 Å². The first-order valence-corrected chi connectivity index (χ1v) is 10.6. The Morgan fingerprint density at radius 1 is 1.07 bits per heavy atom. The van der Waals surface area contributed by atoms with Crippen molar-refractivity contribution in [1.29, 1.82) is 0 Å². The zero-order valence-corrected chi connectivity index (χ0v) is 16.7. The molecule has 2 aliphatic rings. The van der Waals surface area contributed by atoms with Crippen molar-refractivity contribution in [1.82, 2.24) is 4.31 Å². The lowest BCUT2D eigenvalue weighted by molar-refractivity contribution is -0.121. The number of carbonyl (C=O) groups excluding carboxylic acids is 1. The van der Waals surface area contributed by atoms with Crippen LogP contribution in [-0.4, -0.2) is 38.8 Å². The second-order valence-electron chi connectivity index (χ2n) is 7.93. The molecule has 2 aromatic rings. The molecule has 2 heterocycles. The topological polar surface area (TPSA) is 57.7 Å². The Kier molecular flexibility index (Phi) is 4.16. The van der Waals surface area contributed by atoms with Gasteiger partial charge < -0.3 is 4.90 Å². The number of hydrogen-bond donors (Lipinski definition) is 0. The Hall–Kier alpha value is -2.18. The molecule has 0 unspecified atom stereocenters. The van der Waals surface area contributed by atoms with Crippen molar-refractivity contribution in [3.05, 3.63) is 59.7 Å². The standard InChI is InChI=1S/C21H24N2O3S/c1-21(2)18-13-17(9-10-19(18)22(3)20(21)24)27(25,26)23-12-11-16(14-23)15-7-5-4-6-8-15/h4-10,13,16H,11-12,14H2,1-3H3/t16-/m1/s1. The summed E-state index contributed by atoms with van der Waals surface area (Å²) in [5, 5.41) is 0.